The zero-order valence-corrected chi connectivity index (χ0v) is 8.73. The second kappa shape index (κ2) is 5.65. The second-order valence-electron chi connectivity index (χ2n) is 2.87. The van der Waals surface area contributed by atoms with E-state index >= 15 is 0 Å². The highest BCUT2D eigenvalue weighted by atomic mass is 16.5. The van der Waals surface area contributed by atoms with Gasteiger partial charge in [0.15, 0.2) is 0 Å². The molecule has 1 rings (SSSR count). The van der Waals surface area contributed by atoms with Gasteiger partial charge in [0.1, 0.15) is 0 Å². The van der Waals surface area contributed by atoms with Crippen molar-refractivity contribution in [3.05, 3.63) is 30.3 Å². The van der Waals surface area contributed by atoms with Crippen LogP contribution in [0.5, 0.6) is 0 Å². The Morgan fingerprint density at radius 2 is 1.81 bits per heavy atom. The summed E-state index contributed by atoms with van der Waals surface area (Å²) < 4.78 is 4.41. The number of hydrogen-bond donors (Lipinski definition) is 1. The fourth-order valence-electron chi connectivity index (χ4n) is 0.999. The van der Waals surface area contributed by atoms with E-state index in [1.54, 1.807) is 37.3 Å². The van der Waals surface area contributed by atoms with Crippen molar-refractivity contribution in [3.63, 3.8) is 0 Å². The number of hydrogen-bond acceptors (Lipinski definition) is 4. The van der Waals surface area contributed by atoms with Crippen molar-refractivity contribution in [1.29, 1.82) is 0 Å². The molecule has 84 valence electrons. The van der Waals surface area contributed by atoms with Gasteiger partial charge in [-0.15, -0.1) is 0 Å². The average Bonchev–Trinajstić information content (AvgIpc) is 2.29. The molecule has 0 saturated carbocycles. The van der Waals surface area contributed by atoms with Gasteiger partial charge >= 0.3 is 17.7 Å². The minimum atomic E-state index is -1.20. The Labute approximate surface area is 92.4 Å². The monoisotopic (exact) mass is 221 g/mol. The lowest BCUT2D eigenvalue weighted by Gasteiger charge is -2.03. The van der Waals surface area contributed by atoms with Gasteiger partial charge in [-0.05, 0) is 19.1 Å². The van der Waals surface area contributed by atoms with Gasteiger partial charge in [0.25, 0.3) is 0 Å². The van der Waals surface area contributed by atoms with E-state index in [0.29, 0.717) is 5.69 Å². The van der Waals surface area contributed by atoms with Gasteiger partial charge in [-0.3, -0.25) is 9.59 Å². The number of esters is 1. The van der Waals surface area contributed by atoms with Crippen molar-refractivity contribution in [3.8, 4) is 0 Å². The number of ketones is 1. The zero-order valence-electron chi connectivity index (χ0n) is 8.73. The van der Waals surface area contributed by atoms with Gasteiger partial charge in [0.2, 0.25) is 0 Å². The van der Waals surface area contributed by atoms with Gasteiger partial charge in [-0.1, -0.05) is 18.2 Å². The van der Waals surface area contributed by atoms with Crippen LogP contribution in [-0.4, -0.2) is 24.3 Å². The number of anilines is 1. The van der Waals surface area contributed by atoms with Gasteiger partial charge in [0, 0.05) is 5.69 Å². The molecule has 0 aliphatic carbocycles. The van der Waals surface area contributed by atoms with Gasteiger partial charge < -0.3 is 10.1 Å². The van der Waals surface area contributed by atoms with E-state index in [1.807, 2.05) is 0 Å². The van der Waals surface area contributed by atoms with Crippen molar-refractivity contribution in [2.45, 2.75) is 6.92 Å². The number of benzene rings is 1. The third-order valence-electron chi connectivity index (χ3n) is 1.70. The van der Waals surface area contributed by atoms with E-state index in [2.05, 4.69) is 10.1 Å². The van der Waals surface area contributed by atoms with Crippen LogP contribution in [0.25, 0.3) is 0 Å². The predicted molar refractivity (Wildman–Crippen MR) is 56.7 cm³/mol. The normalized spacial score (nSPS) is 9.31. The summed E-state index contributed by atoms with van der Waals surface area (Å²) >= 11 is 0. The van der Waals surface area contributed by atoms with Crippen LogP contribution in [0.2, 0.25) is 0 Å². The maximum Gasteiger partial charge on any atom is 0.384 e. The van der Waals surface area contributed by atoms with Crippen molar-refractivity contribution >= 4 is 23.3 Å². The molecule has 0 aliphatic heterocycles. The highest BCUT2D eigenvalue weighted by Crippen LogP contribution is 2.04. The Morgan fingerprint density at radius 3 is 2.38 bits per heavy atom. The van der Waals surface area contributed by atoms with Crippen LogP contribution >= 0.6 is 0 Å². The SMILES string of the molecule is CCOC(=O)C(=O)C(=O)Nc1ccccc1. The summed E-state index contributed by atoms with van der Waals surface area (Å²) in [4.78, 5) is 33.4. The first-order valence-corrected chi connectivity index (χ1v) is 4.72. The highest BCUT2D eigenvalue weighted by molar-refractivity contribution is 6.63. The standard InChI is InChI=1S/C11H11NO4/c1-2-16-11(15)9(13)10(14)12-8-6-4-3-5-7-8/h3-7H,2H2,1H3,(H,12,14). The molecule has 0 heterocycles. The number of ether oxygens (including phenoxy) is 1. The lowest BCUT2D eigenvalue weighted by molar-refractivity contribution is -0.155. The molecule has 0 radical (unpaired) electrons. The minimum Gasteiger partial charge on any atom is -0.460 e. The number of para-hydroxylation sites is 1. The number of carbonyl (C=O) groups is 3. The Balaban J connectivity index is 2.59. The second-order valence-corrected chi connectivity index (χ2v) is 2.87. The smallest absolute Gasteiger partial charge is 0.384 e. The number of nitrogens with one attached hydrogen (secondary N) is 1. The van der Waals surface area contributed by atoms with E-state index in [-0.39, 0.29) is 6.61 Å². The Bertz CT molecular complexity index is 400. The molecule has 0 unspecified atom stereocenters. The van der Waals surface area contributed by atoms with Crippen LogP contribution in [0.15, 0.2) is 30.3 Å². The van der Waals surface area contributed by atoms with E-state index < -0.39 is 17.7 Å². The molecular formula is C11H11NO4. The van der Waals surface area contributed by atoms with Crippen molar-refractivity contribution in [2.24, 2.45) is 0 Å². The molecule has 0 aromatic heterocycles. The summed E-state index contributed by atoms with van der Waals surface area (Å²) in [7, 11) is 0. The quantitative estimate of drug-likeness (QED) is 0.462. The summed E-state index contributed by atoms with van der Waals surface area (Å²) in [6, 6.07) is 8.38. The molecule has 1 aromatic rings. The van der Waals surface area contributed by atoms with Crippen LogP contribution < -0.4 is 5.32 Å². The molecule has 16 heavy (non-hydrogen) atoms. The first-order valence-electron chi connectivity index (χ1n) is 4.72. The molecule has 0 bridgehead atoms. The van der Waals surface area contributed by atoms with E-state index in [9.17, 15) is 14.4 Å². The summed E-state index contributed by atoms with van der Waals surface area (Å²) in [5.41, 5.74) is 0.449. The van der Waals surface area contributed by atoms with Gasteiger partial charge in [0.05, 0.1) is 6.61 Å². The van der Waals surface area contributed by atoms with Crippen LogP contribution in [0.3, 0.4) is 0 Å². The molecule has 5 nitrogen and oxygen atoms in total. The summed E-state index contributed by atoms with van der Waals surface area (Å²) in [5.74, 6) is -3.34. The fourth-order valence-corrected chi connectivity index (χ4v) is 0.999. The van der Waals surface area contributed by atoms with Crippen molar-refractivity contribution < 1.29 is 19.1 Å². The fraction of sp³-hybridized carbons (Fsp3) is 0.182. The molecule has 0 spiro atoms. The van der Waals surface area contributed by atoms with Crippen LogP contribution in [0.4, 0.5) is 5.69 Å². The molecule has 5 heteroatoms. The predicted octanol–water partition coefficient (Wildman–Crippen LogP) is 0.757. The maximum atomic E-state index is 11.3. The first-order chi connectivity index (χ1) is 7.65. The third-order valence-corrected chi connectivity index (χ3v) is 1.70. The van der Waals surface area contributed by atoms with E-state index in [4.69, 9.17) is 0 Å². The topological polar surface area (TPSA) is 72.5 Å². The number of Topliss-reactive ketones (excluding diaryl/α,β-unsaturated/α-hetero) is 1. The van der Waals surface area contributed by atoms with Crippen molar-refractivity contribution in [1.82, 2.24) is 0 Å². The van der Waals surface area contributed by atoms with Crippen LogP contribution in [0.1, 0.15) is 6.92 Å². The van der Waals surface area contributed by atoms with Crippen molar-refractivity contribution in [2.75, 3.05) is 11.9 Å². The molecule has 1 amide bonds. The van der Waals surface area contributed by atoms with Gasteiger partial charge in [-0.2, -0.15) is 0 Å². The number of rotatable bonds is 4. The molecule has 1 N–H and O–H groups in total. The maximum absolute atomic E-state index is 11.3. The largest absolute Gasteiger partial charge is 0.460 e. The first kappa shape index (κ1) is 11.9. The zero-order chi connectivity index (χ0) is 12.0. The molecule has 1 aromatic carbocycles. The Kier molecular flexibility index (Phi) is 4.20. The molecular weight excluding hydrogens is 210 g/mol. The van der Waals surface area contributed by atoms with Gasteiger partial charge in [-0.25, -0.2) is 4.79 Å². The third kappa shape index (κ3) is 3.20. The Hall–Kier alpha value is -2.17. The highest BCUT2D eigenvalue weighted by Gasteiger charge is 2.23. The lowest BCUT2D eigenvalue weighted by Crippen LogP contribution is -2.31. The lowest BCUT2D eigenvalue weighted by atomic mass is 10.3. The minimum absolute atomic E-state index is 0.0587. The number of amides is 1. The summed E-state index contributed by atoms with van der Waals surface area (Å²) in [6.07, 6.45) is 0. The molecule has 0 saturated heterocycles. The van der Waals surface area contributed by atoms with E-state index in [1.165, 1.54) is 0 Å². The average molecular weight is 221 g/mol. The Morgan fingerprint density at radius 1 is 1.19 bits per heavy atom. The molecule has 0 aliphatic rings. The van der Waals surface area contributed by atoms with Crippen LogP contribution in [0, 0.1) is 0 Å². The molecule has 0 fully saturated rings. The molecule has 0 atom stereocenters. The summed E-state index contributed by atoms with van der Waals surface area (Å²) in [5, 5.41) is 2.29. The van der Waals surface area contributed by atoms with E-state index in [0.717, 1.165) is 0 Å². The summed E-state index contributed by atoms with van der Waals surface area (Å²) in [6.45, 7) is 1.61. The van der Waals surface area contributed by atoms with Crippen LogP contribution in [-0.2, 0) is 19.1 Å². The number of carbonyl (C=O) groups excluding carboxylic acids is 3.